The highest BCUT2D eigenvalue weighted by atomic mass is 35.5. The fraction of sp³-hybridized carbons (Fsp3) is 0.0952. The molecule has 1 aromatic heterocycles. The number of anilines is 1. The number of benzene rings is 2. The SMILES string of the molecule is N#Cc1cccc(COc2ccc(NC(=O)c3ccc(CCl)cc3)cc2Cl)n1. The van der Waals surface area contributed by atoms with Crippen LogP contribution in [-0.4, -0.2) is 10.9 Å². The van der Waals surface area contributed by atoms with E-state index in [0.29, 0.717) is 39.3 Å². The molecule has 0 atom stereocenters. The lowest BCUT2D eigenvalue weighted by Crippen LogP contribution is -2.11. The first-order valence-corrected chi connectivity index (χ1v) is 9.25. The van der Waals surface area contributed by atoms with E-state index in [1.54, 1.807) is 60.7 Å². The van der Waals surface area contributed by atoms with Crippen molar-refractivity contribution in [2.24, 2.45) is 0 Å². The van der Waals surface area contributed by atoms with Gasteiger partial charge in [-0.3, -0.25) is 4.79 Å². The summed E-state index contributed by atoms with van der Waals surface area (Å²) in [5.74, 6) is 0.605. The van der Waals surface area contributed by atoms with Crippen molar-refractivity contribution in [2.75, 3.05) is 5.32 Å². The fourth-order valence-electron chi connectivity index (χ4n) is 2.42. The summed E-state index contributed by atoms with van der Waals surface area (Å²) in [5.41, 5.74) is 2.96. The van der Waals surface area contributed by atoms with Gasteiger partial charge in [0.2, 0.25) is 0 Å². The number of carbonyl (C=O) groups is 1. The van der Waals surface area contributed by atoms with Crippen LogP contribution in [-0.2, 0) is 12.5 Å². The number of aromatic nitrogens is 1. The van der Waals surface area contributed by atoms with Crippen LogP contribution in [0.4, 0.5) is 5.69 Å². The molecule has 0 unspecified atom stereocenters. The van der Waals surface area contributed by atoms with Crippen molar-refractivity contribution in [3.63, 3.8) is 0 Å². The van der Waals surface area contributed by atoms with Crippen LogP contribution in [0.5, 0.6) is 5.75 Å². The van der Waals surface area contributed by atoms with E-state index in [2.05, 4.69) is 10.3 Å². The lowest BCUT2D eigenvalue weighted by atomic mass is 10.1. The van der Waals surface area contributed by atoms with Crippen molar-refractivity contribution in [3.8, 4) is 11.8 Å². The summed E-state index contributed by atoms with van der Waals surface area (Å²) in [6.45, 7) is 0.174. The summed E-state index contributed by atoms with van der Waals surface area (Å²) in [7, 11) is 0. The molecule has 0 aliphatic rings. The maximum Gasteiger partial charge on any atom is 0.255 e. The standard InChI is InChI=1S/C21H15Cl2N3O2/c22-11-14-4-6-15(7-5-14)21(27)26-16-8-9-20(19(23)10-16)28-13-18-3-1-2-17(12-24)25-18/h1-10H,11,13H2,(H,26,27). The van der Waals surface area contributed by atoms with E-state index < -0.39 is 0 Å². The van der Waals surface area contributed by atoms with Gasteiger partial charge in [0.1, 0.15) is 24.1 Å². The molecule has 0 aliphatic carbocycles. The number of ether oxygens (including phenoxy) is 1. The summed E-state index contributed by atoms with van der Waals surface area (Å²) in [6, 6.07) is 19.1. The van der Waals surface area contributed by atoms with Gasteiger partial charge in [0.15, 0.2) is 0 Å². The van der Waals surface area contributed by atoms with Gasteiger partial charge in [0.05, 0.1) is 10.7 Å². The zero-order valence-corrected chi connectivity index (χ0v) is 16.2. The van der Waals surface area contributed by atoms with Gasteiger partial charge in [-0.2, -0.15) is 5.26 Å². The van der Waals surface area contributed by atoms with Crippen molar-refractivity contribution in [1.82, 2.24) is 4.98 Å². The number of nitrogens with one attached hydrogen (secondary N) is 1. The third-order valence-corrected chi connectivity index (χ3v) is 4.46. The van der Waals surface area contributed by atoms with Crippen molar-refractivity contribution < 1.29 is 9.53 Å². The van der Waals surface area contributed by atoms with Crippen LogP contribution in [0.3, 0.4) is 0 Å². The number of nitrogens with zero attached hydrogens (tertiary/aromatic N) is 2. The second kappa shape index (κ2) is 9.23. The molecule has 0 bridgehead atoms. The van der Waals surface area contributed by atoms with Crippen LogP contribution in [0.2, 0.25) is 5.02 Å². The molecule has 1 N–H and O–H groups in total. The molecule has 3 rings (SSSR count). The zero-order chi connectivity index (χ0) is 19.9. The molecule has 5 nitrogen and oxygen atoms in total. The van der Waals surface area contributed by atoms with E-state index in [1.165, 1.54) is 0 Å². The van der Waals surface area contributed by atoms with Gasteiger partial charge in [-0.15, -0.1) is 11.6 Å². The molecular weight excluding hydrogens is 397 g/mol. The third kappa shape index (κ3) is 5.01. The summed E-state index contributed by atoms with van der Waals surface area (Å²) >= 11 is 12.0. The maximum absolute atomic E-state index is 12.3. The van der Waals surface area contributed by atoms with E-state index in [-0.39, 0.29) is 12.5 Å². The van der Waals surface area contributed by atoms with Crippen LogP contribution in [0.25, 0.3) is 0 Å². The highest BCUT2D eigenvalue weighted by molar-refractivity contribution is 6.32. The second-order valence-electron chi connectivity index (χ2n) is 5.84. The van der Waals surface area contributed by atoms with Crippen molar-refractivity contribution in [2.45, 2.75) is 12.5 Å². The molecule has 28 heavy (non-hydrogen) atoms. The Hall–Kier alpha value is -3.07. The maximum atomic E-state index is 12.3. The molecule has 0 radical (unpaired) electrons. The number of carbonyl (C=O) groups excluding carboxylic acids is 1. The van der Waals surface area contributed by atoms with Crippen LogP contribution in [0, 0.1) is 11.3 Å². The van der Waals surface area contributed by atoms with Gasteiger partial charge in [-0.25, -0.2) is 4.98 Å². The van der Waals surface area contributed by atoms with E-state index in [4.69, 9.17) is 33.2 Å². The first-order valence-electron chi connectivity index (χ1n) is 8.33. The Kier molecular flexibility index (Phi) is 6.49. The van der Waals surface area contributed by atoms with Gasteiger partial charge >= 0.3 is 0 Å². The minimum absolute atomic E-state index is 0.174. The van der Waals surface area contributed by atoms with Gasteiger partial charge in [-0.05, 0) is 48.0 Å². The Morgan fingerprint density at radius 1 is 1.14 bits per heavy atom. The smallest absolute Gasteiger partial charge is 0.255 e. The molecule has 3 aromatic rings. The van der Waals surface area contributed by atoms with E-state index in [1.807, 2.05) is 6.07 Å². The Morgan fingerprint density at radius 3 is 2.61 bits per heavy atom. The number of nitriles is 1. The largest absolute Gasteiger partial charge is 0.486 e. The topological polar surface area (TPSA) is 75.0 Å². The monoisotopic (exact) mass is 411 g/mol. The van der Waals surface area contributed by atoms with Gasteiger partial charge in [-0.1, -0.05) is 29.8 Å². The average Bonchev–Trinajstić information content (AvgIpc) is 2.73. The Labute approximate surface area is 172 Å². The predicted octanol–water partition coefficient (Wildman–Crippen LogP) is 5.18. The number of pyridine rings is 1. The van der Waals surface area contributed by atoms with E-state index >= 15 is 0 Å². The molecule has 1 heterocycles. The molecule has 0 saturated heterocycles. The highest BCUT2D eigenvalue weighted by Gasteiger charge is 2.09. The fourth-order valence-corrected chi connectivity index (χ4v) is 2.83. The van der Waals surface area contributed by atoms with Gasteiger partial charge in [0.25, 0.3) is 5.91 Å². The predicted molar refractivity (Wildman–Crippen MR) is 109 cm³/mol. The van der Waals surface area contributed by atoms with Crippen molar-refractivity contribution >= 4 is 34.8 Å². The second-order valence-corrected chi connectivity index (χ2v) is 6.52. The van der Waals surface area contributed by atoms with Gasteiger partial charge in [0, 0.05) is 17.1 Å². The molecule has 0 spiro atoms. The number of hydrogen-bond donors (Lipinski definition) is 1. The Balaban J connectivity index is 1.64. The van der Waals surface area contributed by atoms with Crippen LogP contribution < -0.4 is 10.1 Å². The summed E-state index contributed by atoms with van der Waals surface area (Å²) in [5, 5.41) is 12.0. The molecule has 140 valence electrons. The van der Waals surface area contributed by atoms with Crippen LogP contribution in [0.1, 0.15) is 27.3 Å². The zero-order valence-electron chi connectivity index (χ0n) is 14.7. The molecule has 7 heteroatoms. The molecule has 1 amide bonds. The summed E-state index contributed by atoms with van der Waals surface area (Å²) in [6.07, 6.45) is 0. The normalized spacial score (nSPS) is 10.2. The average molecular weight is 412 g/mol. The number of amides is 1. The minimum atomic E-state index is -0.247. The molecule has 2 aromatic carbocycles. The lowest BCUT2D eigenvalue weighted by molar-refractivity contribution is 0.102. The third-order valence-electron chi connectivity index (χ3n) is 3.86. The number of halogens is 2. The first kappa shape index (κ1) is 19.7. The first-order chi connectivity index (χ1) is 13.6. The van der Waals surface area contributed by atoms with Crippen LogP contribution in [0.15, 0.2) is 60.7 Å². The van der Waals surface area contributed by atoms with Crippen molar-refractivity contribution in [1.29, 1.82) is 5.26 Å². The Morgan fingerprint density at radius 2 is 1.93 bits per heavy atom. The van der Waals surface area contributed by atoms with Crippen molar-refractivity contribution in [3.05, 3.63) is 88.2 Å². The Bertz CT molecular complexity index is 1030. The van der Waals surface area contributed by atoms with Gasteiger partial charge < -0.3 is 10.1 Å². The number of alkyl halides is 1. The summed E-state index contributed by atoms with van der Waals surface area (Å²) in [4.78, 5) is 16.5. The minimum Gasteiger partial charge on any atom is -0.486 e. The number of rotatable bonds is 6. The molecule has 0 aliphatic heterocycles. The quantitative estimate of drug-likeness (QED) is 0.567. The number of hydrogen-bond acceptors (Lipinski definition) is 4. The molecule has 0 fully saturated rings. The lowest BCUT2D eigenvalue weighted by Gasteiger charge is -2.10. The van der Waals surface area contributed by atoms with Crippen LogP contribution >= 0.6 is 23.2 Å². The van der Waals surface area contributed by atoms with E-state index in [0.717, 1.165) is 5.56 Å². The molecule has 0 saturated carbocycles. The highest BCUT2D eigenvalue weighted by Crippen LogP contribution is 2.28. The summed E-state index contributed by atoms with van der Waals surface area (Å²) < 4.78 is 5.66. The molecular formula is C21H15Cl2N3O2. The van der Waals surface area contributed by atoms with E-state index in [9.17, 15) is 4.79 Å².